The first kappa shape index (κ1) is 19.2. The summed E-state index contributed by atoms with van der Waals surface area (Å²) < 4.78 is 5.53. The molecule has 0 saturated carbocycles. The van der Waals surface area contributed by atoms with Crippen LogP contribution >= 0.6 is 0 Å². The Morgan fingerprint density at radius 2 is 1.69 bits per heavy atom. The van der Waals surface area contributed by atoms with Gasteiger partial charge in [-0.2, -0.15) is 0 Å². The van der Waals surface area contributed by atoms with Gasteiger partial charge < -0.3 is 14.5 Å². The fraction of sp³-hybridized carbons (Fsp3) is 0.667. The summed E-state index contributed by atoms with van der Waals surface area (Å²) in [5, 5.41) is 0. The normalized spacial score (nSPS) is 23.8. The zero-order valence-corrected chi connectivity index (χ0v) is 16.6. The minimum Gasteiger partial charge on any atom is -0.444 e. The van der Waals surface area contributed by atoms with E-state index in [0.29, 0.717) is 12.1 Å². The van der Waals surface area contributed by atoms with Crippen LogP contribution in [0.5, 0.6) is 0 Å². The highest BCUT2D eigenvalue weighted by Crippen LogP contribution is 2.30. The fourth-order valence-corrected chi connectivity index (χ4v) is 4.05. The summed E-state index contributed by atoms with van der Waals surface area (Å²) >= 11 is 0. The van der Waals surface area contributed by atoms with Crippen molar-refractivity contribution in [2.24, 2.45) is 0 Å². The summed E-state index contributed by atoms with van der Waals surface area (Å²) in [6, 6.07) is 11.8. The van der Waals surface area contributed by atoms with Crippen LogP contribution in [-0.2, 0) is 4.74 Å². The first-order chi connectivity index (χ1) is 12.3. The van der Waals surface area contributed by atoms with Gasteiger partial charge >= 0.3 is 6.09 Å². The van der Waals surface area contributed by atoms with E-state index in [9.17, 15) is 4.79 Å². The van der Waals surface area contributed by atoms with Gasteiger partial charge in [0.05, 0.1) is 0 Å². The Hall–Kier alpha value is -1.59. The molecule has 0 radical (unpaired) electrons. The zero-order chi connectivity index (χ0) is 18.7. The lowest BCUT2D eigenvalue weighted by atomic mass is 9.96. The van der Waals surface area contributed by atoms with Crippen LogP contribution in [0.2, 0.25) is 0 Å². The number of carbonyl (C=O) groups is 1. The fourth-order valence-electron chi connectivity index (χ4n) is 4.05. The molecule has 0 spiro atoms. The average molecular weight is 360 g/mol. The molecule has 2 saturated heterocycles. The molecule has 3 rings (SSSR count). The van der Waals surface area contributed by atoms with E-state index in [1.165, 1.54) is 5.56 Å². The lowest BCUT2D eigenvalue weighted by Gasteiger charge is -2.47. The second-order valence-electron chi connectivity index (χ2n) is 8.63. The molecule has 0 aromatic heterocycles. The molecule has 0 aliphatic carbocycles. The second kappa shape index (κ2) is 7.97. The van der Waals surface area contributed by atoms with Crippen LogP contribution < -0.4 is 0 Å². The maximum atomic E-state index is 12.3. The van der Waals surface area contributed by atoms with Gasteiger partial charge in [-0.3, -0.25) is 4.90 Å². The molecule has 5 heteroatoms. The molecular formula is C21H33N3O2. The Morgan fingerprint density at radius 3 is 2.31 bits per heavy atom. The molecule has 1 aromatic rings. The van der Waals surface area contributed by atoms with Gasteiger partial charge in [0.2, 0.25) is 0 Å². The Kier molecular flexibility index (Phi) is 5.88. The maximum absolute atomic E-state index is 12.3. The number of piperazine rings is 1. The zero-order valence-electron chi connectivity index (χ0n) is 16.6. The minimum atomic E-state index is -0.427. The number of hydrogen-bond acceptors (Lipinski definition) is 4. The Balaban J connectivity index is 1.63. The lowest BCUT2D eigenvalue weighted by molar-refractivity contribution is -0.000374. The minimum absolute atomic E-state index is 0.172. The van der Waals surface area contributed by atoms with Crippen molar-refractivity contribution in [3.63, 3.8) is 0 Å². The summed E-state index contributed by atoms with van der Waals surface area (Å²) in [6.07, 6.45) is 1.87. The summed E-state index contributed by atoms with van der Waals surface area (Å²) in [5.74, 6) is 0. The summed E-state index contributed by atoms with van der Waals surface area (Å²) in [6.45, 7) is 10.6. The van der Waals surface area contributed by atoms with Crippen molar-refractivity contribution in [1.82, 2.24) is 14.7 Å². The van der Waals surface area contributed by atoms with E-state index in [1.807, 2.05) is 25.7 Å². The first-order valence-corrected chi connectivity index (χ1v) is 9.80. The standard InChI is InChI=1S/C21H33N3O2/c1-21(2,3)26-20(25)23-12-10-18(11-13-23)24-15-14-22(4)16-19(24)17-8-6-5-7-9-17/h5-9,18-19H,10-16H2,1-4H3. The number of likely N-dealkylation sites (N-methyl/N-ethyl adjacent to an activating group) is 1. The van der Waals surface area contributed by atoms with Crippen LogP contribution in [0.4, 0.5) is 4.79 Å². The molecule has 2 aliphatic heterocycles. The van der Waals surface area contributed by atoms with E-state index in [1.54, 1.807) is 0 Å². The lowest BCUT2D eigenvalue weighted by Crippen LogP contribution is -2.54. The molecular weight excluding hydrogens is 326 g/mol. The van der Waals surface area contributed by atoms with Crippen molar-refractivity contribution in [2.45, 2.75) is 51.3 Å². The Morgan fingerprint density at radius 1 is 1.04 bits per heavy atom. The highest BCUT2D eigenvalue weighted by atomic mass is 16.6. The van der Waals surface area contributed by atoms with Crippen LogP contribution in [0.15, 0.2) is 30.3 Å². The van der Waals surface area contributed by atoms with Gasteiger partial charge in [-0.15, -0.1) is 0 Å². The van der Waals surface area contributed by atoms with Gasteiger partial charge in [0.1, 0.15) is 5.60 Å². The van der Waals surface area contributed by atoms with E-state index in [-0.39, 0.29) is 6.09 Å². The number of rotatable bonds is 2. The number of carbonyl (C=O) groups excluding carboxylic acids is 1. The van der Waals surface area contributed by atoms with E-state index < -0.39 is 5.60 Å². The van der Waals surface area contributed by atoms with E-state index in [0.717, 1.165) is 45.6 Å². The van der Waals surface area contributed by atoms with Crippen molar-refractivity contribution >= 4 is 6.09 Å². The first-order valence-electron chi connectivity index (χ1n) is 9.80. The van der Waals surface area contributed by atoms with Crippen LogP contribution in [-0.4, -0.2) is 72.2 Å². The molecule has 1 amide bonds. The summed E-state index contributed by atoms with van der Waals surface area (Å²) in [7, 11) is 2.21. The number of amides is 1. The van der Waals surface area contributed by atoms with Crippen LogP contribution in [0.25, 0.3) is 0 Å². The van der Waals surface area contributed by atoms with Gasteiger partial charge in [-0.25, -0.2) is 4.79 Å². The number of benzene rings is 1. The van der Waals surface area contributed by atoms with Crippen LogP contribution in [0, 0.1) is 0 Å². The number of nitrogens with zero attached hydrogens (tertiary/aromatic N) is 3. The molecule has 2 heterocycles. The predicted molar refractivity (Wildman–Crippen MR) is 104 cm³/mol. The molecule has 26 heavy (non-hydrogen) atoms. The SMILES string of the molecule is CN1CCN(C2CCN(C(=O)OC(C)(C)C)CC2)C(c2ccccc2)C1. The number of ether oxygens (including phenoxy) is 1. The number of hydrogen-bond donors (Lipinski definition) is 0. The Labute approximate surface area is 157 Å². The molecule has 0 N–H and O–H groups in total. The topological polar surface area (TPSA) is 36.0 Å². The molecule has 1 aromatic carbocycles. The highest BCUT2D eigenvalue weighted by molar-refractivity contribution is 5.68. The van der Waals surface area contributed by atoms with Gasteiger partial charge in [-0.05, 0) is 46.2 Å². The number of piperidine rings is 1. The third kappa shape index (κ3) is 4.77. The summed E-state index contributed by atoms with van der Waals surface area (Å²) in [5.41, 5.74) is 0.970. The van der Waals surface area contributed by atoms with Crippen molar-refractivity contribution < 1.29 is 9.53 Å². The number of likely N-dealkylation sites (tertiary alicyclic amines) is 1. The van der Waals surface area contributed by atoms with E-state index >= 15 is 0 Å². The van der Waals surface area contributed by atoms with E-state index in [4.69, 9.17) is 4.74 Å². The molecule has 144 valence electrons. The van der Waals surface area contributed by atoms with Crippen molar-refractivity contribution in [1.29, 1.82) is 0 Å². The van der Waals surface area contributed by atoms with Crippen molar-refractivity contribution in [3.05, 3.63) is 35.9 Å². The molecule has 0 bridgehead atoms. The monoisotopic (exact) mass is 359 g/mol. The Bertz CT molecular complexity index is 591. The van der Waals surface area contributed by atoms with Gasteiger partial charge in [0.25, 0.3) is 0 Å². The summed E-state index contributed by atoms with van der Waals surface area (Å²) in [4.78, 5) is 19.3. The van der Waals surface area contributed by atoms with Crippen molar-refractivity contribution in [3.8, 4) is 0 Å². The smallest absolute Gasteiger partial charge is 0.410 e. The molecule has 2 aliphatic rings. The average Bonchev–Trinajstić information content (AvgIpc) is 2.61. The van der Waals surface area contributed by atoms with Crippen LogP contribution in [0.1, 0.15) is 45.2 Å². The molecule has 5 nitrogen and oxygen atoms in total. The molecule has 1 unspecified atom stereocenters. The van der Waals surface area contributed by atoms with Gasteiger partial charge in [-0.1, -0.05) is 30.3 Å². The van der Waals surface area contributed by atoms with Crippen LogP contribution in [0.3, 0.4) is 0 Å². The van der Waals surface area contributed by atoms with Gasteiger partial charge in [0.15, 0.2) is 0 Å². The third-order valence-electron chi connectivity index (χ3n) is 5.39. The van der Waals surface area contributed by atoms with E-state index in [2.05, 4.69) is 47.2 Å². The highest BCUT2D eigenvalue weighted by Gasteiger charge is 2.35. The van der Waals surface area contributed by atoms with Crippen molar-refractivity contribution in [2.75, 3.05) is 39.8 Å². The maximum Gasteiger partial charge on any atom is 0.410 e. The largest absolute Gasteiger partial charge is 0.444 e. The quantitative estimate of drug-likeness (QED) is 0.811. The molecule has 2 fully saturated rings. The molecule has 1 atom stereocenters. The third-order valence-corrected chi connectivity index (χ3v) is 5.39. The predicted octanol–water partition coefficient (Wildman–Crippen LogP) is 3.37. The second-order valence-corrected chi connectivity index (χ2v) is 8.63. The van der Waals surface area contributed by atoms with Gasteiger partial charge in [0, 0.05) is 44.8 Å².